The Kier molecular flexibility index (Phi) is 3.26. The van der Waals surface area contributed by atoms with Gasteiger partial charge in [-0.05, 0) is 23.4 Å². The average Bonchev–Trinajstić information content (AvgIpc) is 2.97. The van der Waals surface area contributed by atoms with Crippen molar-refractivity contribution in [1.29, 1.82) is 0 Å². The zero-order valence-corrected chi connectivity index (χ0v) is 11.0. The molecule has 0 spiro atoms. The van der Waals surface area contributed by atoms with Crippen molar-refractivity contribution < 1.29 is 4.79 Å². The van der Waals surface area contributed by atoms with E-state index in [9.17, 15) is 4.79 Å². The van der Waals surface area contributed by atoms with Crippen LogP contribution >= 0.6 is 11.6 Å². The fourth-order valence-corrected chi connectivity index (χ4v) is 2.00. The highest BCUT2D eigenvalue weighted by Crippen LogP contribution is 2.18. The maximum absolute atomic E-state index is 11.1. The second kappa shape index (κ2) is 5.22. The molecule has 3 rings (SSSR count). The Morgan fingerprint density at radius 1 is 1.10 bits per heavy atom. The highest BCUT2D eigenvalue weighted by Gasteiger charge is 2.10. The Morgan fingerprint density at radius 2 is 1.90 bits per heavy atom. The molecule has 0 unspecified atom stereocenters. The molecule has 0 fully saturated rings. The van der Waals surface area contributed by atoms with E-state index in [4.69, 9.17) is 11.6 Å². The molecule has 0 atom stereocenters. The summed E-state index contributed by atoms with van der Waals surface area (Å²) in [6.45, 7) is 0. The van der Waals surface area contributed by atoms with Crippen molar-refractivity contribution in [2.24, 2.45) is 0 Å². The summed E-state index contributed by atoms with van der Waals surface area (Å²) in [4.78, 5) is 12.4. The molecule has 0 aliphatic rings. The van der Waals surface area contributed by atoms with Crippen LogP contribution in [0.15, 0.2) is 48.5 Å². The average molecular weight is 285 g/mol. The third-order valence-corrected chi connectivity index (χ3v) is 3.01. The van der Waals surface area contributed by atoms with Gasteiger partial charge in [-0.25, -0.2) is 0 Å². The molecule has 20 heavy (non-hydrogen) atoms. The van der Waals surface area contributed by atoms with E-state index < -0.39 is 0 Å². The largest absolute Gasteiger partial charge is 0.298 e. The molecule has 0 N–H and O–H groups in total. The number of carbonyl (C=O) groups is 1. The number of carbonyl (C=O) groups excluding carboxylic acids is 1. The fraction of sp³-hybridized carbons (Fsp3) is 0. The van der Waals surface area contributed by atoms with Crippen LogP contribution in [0.3, 0.4) is 0 Å². The van der Waals surface area contributed by atoms with Gasteiger partial charge >= 0.3 is 0 Å². The summed E-state index contributed by atoms with van der Waals surface area (Å²) in [5.41, 5.74) is 1.81. The van der Waals surface area contributed by atoms with Gasteiger partial charge in [0.05, 0.1) is 5.69 Å². The number of rotatable bonds is 3. The Labute approximate surface area is 119 Å². The van der Waals surface area contributed by atoms with Crippen molar-refractivity contribution in [3.8, 4) is 17.1 Å². The normalized spacial score (nSPS) is 10.4. The first kappa shape index (κ1) is 12.5. The van der Waals surface area contributed by atoms with E-state index in [1.165, 1.54) is 4.80 Å². The van der Waals surface area contributed by atoms with Crippen LogP contribution in [-0.2, 0) is 0 Å². The first-order valence-electron chi connectivity index (χ1n) is 5.88. The Hall–Kier alpha value is -2.53. The van der Waals surface area contributed by atoms with Crippen LogP contribution in [0.1, 0.15) is 10.4 Å². The molecular formula is C14H9ClN4O. The predicted molar refractivity (Wildman–Crippen MR) is 75.0 cm³/mol. The van der Waals surface area contributed by atoms with Gasteiger partial charge in [-0.1, -0.05) is 41.9 Å². The highest BCUT2D eigenvalue weighted by molar-refractivity contribution is 6.30. The second-order valence-electron chi connectivity index (χ2n) is 4.09. The number of nitrogens with zero attached hydrogens (tertiary/aromatic N) is 4. The van der Waals surface area contributed by atoms with E-state index in [2.05, 4.69) is 15.4 Å². The third-order valence-electron chi connectivity index (χ3n) is 2.78. The number of hydrogen-bond donors (Lipinski definition) is 0. The van der Waals surface area contributed by atoms with Crippen LogP contribution in [0.25, 0.3) is 17.1 Å². The van der Waals surface area contributed by atoms with E-state index >= 15 is 0 Å². The number of aromatic nitrogens is 4. The molecule has 1 aromatic heterocycles. The molecule has 0 aliphatic heterocycles. The zero-order valence-electron chi connectivity index (χ0n) is 10.3. The summed E-state index contributed by atoms with van der Waals surface area (Å²) in [6, 6.07) is 14.4. The van der Waals surface area contributed by atoms with Crippen LogP contribution in [0.4, 0.5) is 0 Å². The minimum absolute atomic E-state index is 0.412. The van der Waals surface area contributed by atoms with E-state index in [0.29, 0.717) is 28.4 Å². The van der Waals surface area contributed by atoms with Crippen molar-refractivity contribution in [3.05, 3.63) is 59.1 Å². The number of benzene rings is 2. The Bertz CT molecular complexity index is 755. The number of hydrogen-bond acceptors (Lipinski definition) is 4. The van der Waals surface area contributed by atoms with Crippen LogP contribution in [0.5, 0.6) is 0 Å². The monoisotopic (exact) mass is 284 g/mol. The summed E-state index contributed by atoms with van der Waals surface area (Å²) in [7, 11) is 0. The van der Waals surface area contributed by atoms with E-state index in [-0.39, 0.29) is 0 Å². The standard InChI is InChI=1S/C14H9ClN4O/c15-12-6-7-13(11(8-12)9-20)19-17-14(16-18-19)10-4-2-1-3-5-10/h1-9H. The predicted octanol–water partition coefficient (Wildman–Crippen LogP) is 2.80. The molecule has 0 amide bonds. The molecule has 0 radical (unpaired) electrons. The first-order valence-corrected chi connectivity index (χ1v) is 6.26. The van der Waals surface area contributed by atoms with Crippen LogP contribution in [0.2, 0.25) is 5.02 Å². The van der Waals surface area contributed by atoms with Crippen LogP contribution in [0, 0.1) is 0 Å². The number of tetrazole rings is 1. The maximum Gasteiger partial charge on any atom is 0.205 e. The van der Waals surface area contributed by atoms with E-state index in [1.807, 2.05) is 30.3 Å². The second-order valence-corrected chi connectivity index (χ2v) is 4.53. The SMILES string of the molecule is O=Cc1cc(Cl)ccc1-n1nnc(-c2ccccc2)n1. The molecular weight excluding hydrogens is 276 g/mol. The van der Waals surface area contributed by atoms with Gasteiger partial charge in [-0.3, -0.25) is 4.79 Å². The topological polar surface area (TPSA) is 60.7 Å². The molecule has 6 heteroatoms. The molecule has 98 valence electrons. The molecule has 0 saturated carbocycles. The quantitative estimate of drug-likeness (QED) is 0.694. The molecule has 1 heterocycles. The van der Waals surface area contributed by atoms with Crippen LogP contribution < -0.4 is 0 Å². The maximum atomic E-state index is 11.1. The zero-order chi connectivity index (χ0) is 13.9. The lowest BCUT2D eigenvalue weighted by molar-refractivity contribution is 0.112. The van der Waals surface area contributed by atoms with Crippen LogP contribution in [-0.4, -0.2) is 26.5 Å². The summed E-state index contributed by atoms with van der Waals surface area (Å²) in [5, 5.41) is 12.7. The van der Waals surface area contributed by atoms with Crippen molar-refractivity contribution >= 4 is 17.9 Å². The van der Waals surface area contributed by atoms with Crippen molar-refractivity contribution in [1.82, 2.24) is 20.2 Å². The minimum Gasteiger partial charge on any atom is -0.298 e. The van der Waals surface area contributed by atoms with Crippen molar-refractivity contribution in [2.75, 3.05) is 0 Å². The smallest absolute Gasteiger partial charge is 0.205 e. The van der Waals surface area contributed by atoms with Gasteiger partial charge in [0.2, 0.25) is 5.82 Å². The van der Waals surface area contributed by atoms with Gasteiger partial charge < -0.3 is 0 Å². The van der Waals surface area contributed by atoms with Gasteiger partial charge in [-0.2, -0.15) is 0 Å². The fourth-order valence-electron chi connectivity index (χ4n) is 1.82. The summed E-state index contributed by atoms with van der Waals surface area (Å²) >= 11 is 5.86. The Balaban J connectivity index is 2.05. The van der Waals surface area contributed by atoms with Crippen molar-refractivity contribution in [3.63, 3.8) is 0 Å². The summed E-state index contributed by atoms with van der Waals surface area (Å²) in [6.07, 6.45) is 0.715. The minimum atomic E-state index is 0.412. The van der Waals surface area contributed by atoms with Gasteiger partial charge in [0, 0.05) is 16.1 Å². The highest BCUT2D eigenvalue weighted by atomic mass is 35.5. The number of halogens is 1. The molecule has 2 aromatic carbocycles. The Morgan fingerprint density at radius 3 is 2.65 bits per heavy atom. The third kappa shape index (κ3) is 2.31. The van der Waals surface area contributed by atoms with E-state index in [1.54, 1.807) is 18.2 Å². The lowest BCUT2D eigenvalue weighted by Crippen LogP contribution is -2.03. The molecule has 0 saturated heterocycles. The van der Waals surface area contributed by atoms with Crippen molar-refractivity contribution in [2.45, 2.75) is 0 Å². The first-order chi connectivity index (χ1) is 9.78. The molecule has 5 nitrogen and oxygen atoms in total. The van der Waals surface area contributed by atoms with Gasteiger partial charge in [0.25, 0.3) is 0 Å². The van der Waals surface area contributed by atoms with E-state index in [0.717, 1.165) is 5.56 Å². The van der Waals surface area contributed by atoms with Gasteiger partial charge in [-0.15, -0.1) is 15.0 Å². The molecule has 0 bridgehead atoms. The lowest BCUT2D eigenvalue weighted by atomic mass is 10.2. The summed E-state index contributed by atoms with van der Waals surface area (Å²) < 4.78 is 0. The number of aldehydes is 1. The molecule has 0 aliphatic carbocycles. The summed E-state index contributed by atoms with van der Waals surface area (Å²) in [5.74, 6) is 0.498. The molecule has 3 aromatic rings. The van der Waals surface area contributed by atoms with Gasteiger partial charge in [0.15, 0.2) is 6.29 Å². The van der Waals surface area contributed by atoms with Gasteiger partial charge in [0.1, 0.15) is 0 Å². The lowest BCUT2D eigenvalue weighted by Gasteiger charge is -2.02.